The highest BCUT2D eigenvalue weighted by atomic mass is 16.5. The lowest BCUT2D eigenvalue weighted by molar-refractivity contribution is -0.117. The topological polar surface area (TPSA) is 76.7 Å². The van der Waals surface area contributed by atoms with Crippen molar-refractivity contribution < 1.29 is 19.1 Å². The van der Waals surface area contributed by atoms with Crippen LogP contribution in [0.15, 0.2) is 109 Å². The van der Waals surface area contributed by atoms with Crippen LogP contribution in [0, 0.1) is 0 Å². The quantitative estimate of drug-likeness (QED) is 0.149. The third kappa shape index (κ3) is 10.3. The van der Waals surface area contributed by atoms with Crippen LogP contribution in [0.3, 0.4) is 0 Å². The van der Waals surface area contributed by atoms with Crippen molar-refractivity contribution in [2.75, 3.05) is 10.6 Å². The number of hydrogen-bond donors (Lipinski definition) is 2. The van der Waals surface area contributed by atoms with E-state index in [1.807, 2.05) is 109 Å². The summed E-state index contributed by atoms with van der Waals surface area (Å²) in [5, 5.41) is 5.89. The minimum atomic E-state index is 0.0214. The van der Waals surface area contributed by atoms with Gasteiger partial charge in [0.2, 0.25) is 11.8 Å². The summed E-state index contributed by atoms with van der Waals surface area (Å²) in [6.45, 7) is 0. The summed E-state index contributed by atoms with van der Waals surface area (Å²) in [6.07, 6.45) is 6.82. The first-order valence-corrected chi connectivity index (χ1v) is 13.9. The van der Waals surface area contributed by atoms with Crippen LogP contribution >= 0.6 is 0 Å². The Bertz CT molecular complexity index is 1200. The van der Waals surface area contributed by atoms with E-state index in [2.05, 4.69) is 10.6 Å². The minimum Gasteiger partial charge on any atom is -0.457 e. The first kappa shape index (κ1) is 28.4. The van der Waals surface area contributed by atoms with Gasteiger partial charge in [0.25, 0.3) is 0 Å². The van der Waals surface area contributed by atoms with Crippen molar-refractivity contribution in [2.45, 2.75) is 51.4 Å². The van der Waals surface area contributed by atoms with Gasteiger partial charge < -0.3 is 20.1 Å². The van der Waals surface area contributed by atoms with E-state index in [9.17, 15) is 9.59 Å². The van der Waals surface area contributed by atoms with Crippen LogP contribution in [0.2, 0.25) is 0 Å². The van der Waals surface area contributed by atoms with E-state index >= 15 is 0 Å². The molecule has 0 unspecified atom stereocenters. The van der Waals surface area contributed by atoms with Crippen LogP contribution in [0.25, 0.3) is 0 Å². The maximum Gasteiger partial charge on any atom is 0.224 e. The van der Waals surface area contributed by atoms with Gasteiger partial charge in [0.15, 0.2) is 0 Å². The monoisotopic (exact) mass is 536 g/mol. The van der Waals surface area contributed by atoms with Crippen LogP contribution in [-0.4, -0.2) is 11.8 Å². The average molecular weight is 537 g/mol. The lowest BCUT2D eigenvalue weighted by Gasteiger charge is -2.08. The molecule has 0 heterocycles. The van der Waals surface area contributed by atoms with E-state index in [4.69, 9.17) is 9.47 Å². The van der Waals surface area contributed by atoms with Gasteiger partial charge in [0.1, 0.15) is 23.0 Å². The lowest BCUT2D eigenvalue weighted by Crippen LogP contribution is -2.11. The van der Waals surface area contributed by atoms with Crippen LogP contribution < -0.4 is 20.1 Å². The molecule has 0 saturated carbocycles. The Hall–Kier alpha value is -4.58. The van der Waals surface area contributed by atoms with Gasteiger partial charge in [-0.15, -0.1) is 0 Å². The molecule has 0 aliphatic heterocycles. The van der Waals surface area contributed by atoms with E-state index in [1.165, 1.54) is 0 Å². The molecule has 0 radical (unpaired) electrons. The molecule has 0 spiro atoms. The number of hydrogen-bond acceptors (Lipinski definition) is 4. The molecule has 0 aliphatic carbocycles. The Balaban J connectivity index is 1.01. The normalized spacial score (nSPS) is 10.5. The van der Waals surface area contributed by atoms with Crippen LogP contribution in [0.4, 0.5) is 11.4 Å². The number of unbranched alkanes of at least 4 members (excludes halogenated alkanes) is 5. The molecular formula is C34H36N2O4. The van der Waals surface area contributed by atoms with Crippen LogP contribution in [0.5, 0.6) is 23.0 Å². The molecule has 4 rings (SSSR count). The van der Waals surface area contributed by atoms with Crippen molar-refractivity contribution in [2.24, 2.45) is 0 Å². The summed E-state index contributed by atoms with van der Waals surface area (Å²) in [7, 11) is 0. The highest BCUT2D eigenvalue weighted by Gasteiger charge is 2.05. The third-order valence-corrected chi connectivity index (χ3v) is 6.29. The number of carbonyl (C=O) groups excluding carboxylic acids is 2. The predicted octanol–water partition coefficient (Wildman–Crippen LogP) is 8.97. The van der Waals surface area contributed by atoms with Crippen LogP contribution in [-0.2, 0) is 9.59 Å². The second-order valence-electron chi connectivity index (χ2n) is 9.60. The van der Waals surface area contributed by atoms with Gasteiger partial charge in [-0.25, -0.2) is 0 Å². The second kappa shape index (κ2) is 15.7. The highest BCUT2D eigenvalue weighted by molar-refractivity contribution is 5.91. The molecule has 0 fully saturated rings. The Morgan fingerprint density at radius 1 is 0.425 bits per heavy atom. The van der Waals surface area contributed by atoms with E-state index in [0.29, 0.717) is 12.8 Å². The molecular weight excluding hydrogens is 500 g/mol. The molecule has 6 heteroatoms. The molecule has 0 aliphatic rings. The fraction of sp³-hybridized carbons (Fsp3) is 0.235. The zero-order valence-corrected chi connectivity index (χ0v) is 22.7. The maximum atomic E-state index is 12.3. The zero-order valence-electron chi connectivity index (χ0n) is 22.7. The van der Waals surface area contributed by atoms with E-state index < -0.39 is 0 Å². The highest BCUT2D eigenvalue weighted by Crippen LogP contribution is 2.24. The average Bonchev–Trinajstić information content (AvgIpc) is 2.97. The van der Waals surface area contributed by atoms with E-state index in [0.717, 1.165) is 72.9 Å². The molecule has 4 aromatic carbocycles. The molecule has 40 heavy (non-hydrogen) atoms. The summed E-state index contributed by atoms with van der Waals surface area (Å²) < 4.78 is 11.6. The van der Waals surface area contributed by atoms with Crippen molar-refractivity contribution in [3.8, 4) is 23.0 Å². The summed E-state index contributed by atoms with van der Waals surface area (Å²) in [5.74, 6) is 3.05. The number of nitrogens with one attached hydrogen (secondary N) is 2. The smallest absolute Gasteiger partial charge is 0.224 e. The molecule has 0 bridgehead atoms. The van der Waals surface area contributed by atoms with Gasteiger partial charge in [-0.05, 0) is 85.6 Å². The number of ether oxygens (including phenoxy) is 2. The third-order valence-electron chi connectivity index (χ3n) is 6.29. The second-order valence-corrected chi connectivity index (χ2v) is 9.60. The molecule has 0 saturated heterocycles. The first-order valence-electron chi connectivity index (χ1n) is 13.9. The van der Waals surface area contributed by atoms with Crippen LogP contribution in [0.1, 0.15) is 51.4 Å². The van der Waals surface area contributed by atoms with Gasteiger partial charge >= 0.3 is 0 Å². The Kier molecular flexibility index (Phi) is 11.2. The number of benzene rings is 4. The summed E-state index contributed by atoms with van der Waals surface area (Å²) in [6, 6.07) is 34.0. The molecule has 0 atom stereocenters. The van der Waals surface area contributed by atoms with Crippen molar-refractivity contribution >= 4 is 23.2 Å². The van der Waals surface area contributed by atoms with Crippen molar-refractivity contribution in [3.63, 3.8) is 0 Å². The Labute approximate surface area is 236 Å². The Morgan fingerprint density at radius 2 is 0.750 bits per heavy atom. The summed E-state index contributed by atoms with van der Waals surface area (Å²) in [5.41, 5.74) is 1.53. The minimum absolute atomic E-state index is 0.0214. The first-order chi connectivity index (χ1) is 19.6. The lowest BCUT2D eigenvalue weighted by atomic mass is 10.1. The van der Waals surface area contributed by atoms with Gasteiger partial charge in [-0.2, -0.15) is 0 Å². The fourth-order valence-corrected chi connectivity index (χ4v) is 4.19. The molecule has 206 valence electrons. The standard InChI is InChI=1S/C34H36N2O4/c37-33(35-27-19-23-31(24-20-27)39-29-13-7-5-8-14-29)17-11-3-1-2-4-12-18-34(38)36-28-21-25-32(26-22-28)40-30-15-9-6-10-16-30/h5-10,13-16,19-26H,1-4,11-12,17-18H2,(H,35,37)(H,36,38). The fourth-order valence-electron chi connectivity index (χ4n) is 4.19. The van der Waals surface area contributed by atoms with Gasteiger partial charge in [0, 0.05) is 24.2 Å². The van der Waals surface area contributed by atoms with Crippen molar-refractivity contribution in [1.29, 1.82) is 0 Å². The number of amides is 2. The SMILES string of the molecule is O=C(CCCCCCCCC(=O)Nc1ccc(Oc2ccccc2)cc1)Nc1ccc(Oc2ccccc2)cc1. The molecule has 4 aromatic rings. The molecule has 2 amide bonds. The van der Waals surface area contributed by atoms with Gasteiger partial charge in [0.05, 0.1) is 0 Å². The maximum absolute atomic E-state index is 12.3. The largest absolute Gasteiger partial charge is 0.457 e. The molecule has 6 nitrogen and oxygen atoms in total. The van der Waals surface area contributed by atoms with E-state index in [1.54, 1.807) is 0 Å². The van der Waals surface area contributed by atoms with Crippen molar-refractivity contribution in [3.05, 3.63) is 109 Å². The summed E-state index contributed by atoms with van der Waals surface area (Å²) in [4.78, 5) is 24.5. The van der Waals surface area contributed by atoms with Gasteiger partial charge in [-0.3, -0.25) is 9.59 Å². The van der Waals surface area contributed by atoms with Gasteiger partial charge in [-0.1, -0.05) is 62.1 Å². The number of carbonyl (C=O) groups is 2. The Morgan fingerprint density at radius 3 is 1.12 bits per heavy atom. The zero-order chi connectivity index (χ0) is 27.8. The number of rotatable bonds is 15. The molecule has 2 N–H and O–H groups in total. The summed E-state index contributed by atoms with van der Waals surface area (Å²) >= 11 is 0. The predicted molar refractivity (Wildman–Crippen MR) is 160 cm³/mol. The van der Waals surface area contributed by atoms with Crippen molar-refractivity contribution in [1.82, 2.24) is 0 Å². The number of anilines is 2. The van der Waals surface area contributed by atoms with E-state index in [-0.39, 0.29) is 11.8 Å². The molecule has 0 aromatic heterocycles. The number of para-hydroxylation sites is 2.